The monoisotopic (exact) mass is 266 g/mol. The molecule has 0 amide bonds. The zero-order valence-electron chi connectivity index (χ0n) is 12.0. The number of ether oxygens (including phenoxy) is 2. The molecule has 1 unspecified atom stereocenters. The van der Waals surface area contributed by atoms with Gasteiger partial charge in [-0.3, -0.25) is 0 Å². The van der Waals surface area contributed by atoms with Gasteiger partial charge in [-0.2, -0.15) is 0 Å². The minimum absolute atomic E-state index is 0.157. The summed E-state index contributed by atoms with van der Waals surface area (Å²) in [6, 6.07) is 5.51. The van der Waals surface area contributed by atoms with E-state index in [-0.39, 0.29) is 6.04 Å². The number of carbonyl (C=O) groups excluding carboxylic acids is 1. The van der Waals surface area contributed by atoms with E-state index < -0.39 is 5.97 Å². The molecule has 0 aliphatic rings. The fraction of sp³-hybridized carbons (Fsp3) is 0.500. The van der Waals surface area contributed by atoms with E-state index in [1.807, 2.05) is 24.9 Å². The zero-order chi connectivity index (χ0) is 14.4. The van der Waals surface area contributed by atoms with Crippen molar-refractivity contribution in [1.29, 1.82) is 0 Å². The third-order valence-corrected chi connectivity index (χ3v) is 3.03. The first kappa shape index (κ1) is 15.3. The van der Waals surface area contributed by atoms with Crippen molar-refractivity contribution in [3.63, 3.8) is 0 Å². The molecule has 0 aliphatic carbocycles. The second kappa shape index (κ2) is 6.99. The first-order valence-corrected chi connectivity index (χ1v) is 6.30. The van der Waals surface area contributed by atoms with E-state index in [2.05, 4.69) is 0 Å². The highest BCUT2D eigenvalue weighted by Crippen LogP contribution is 2.27. The number of nitrogens with two attached hydrogens (primary N) is 1. The number of carbonyl (C=O) groups is 1. The summed E-state index contributed by atoms with van der Waals surface area (Å²) in [4.78, 5) is 13.8. The Hall–Kier alpha value is -1.75. The van der Waals surface area contributed by atoms with Crippen LogP contribution in [0.4, 0.5) is 11.4 Å². The van der Waals surface area contributed by atoms with Gasteiger partial charge in [0.05, 0.1) is 30.2 Å². The van der Waals surface area contributed by atoms with Crippen LogP contribution in [-0.4, -0.2) is 39.4 Å². The molecule has 0 spiro atoms. The molecular formula is C14H22N2O3. The van der Waals surface area contributed by atoms with Gasteiger partial charge in [-0.15, -0.1) is 0 Å². The first-order valence-electron chi connectivity index (χ1n) is 6.30. The van der Waals surface area contributed by atoms with Crippen LogP contribution in [0.25, 0.3) is 0 Å². The number of methoxy groups -OCH3 is 1. The average molecular weight is 266 g/mol. The average Bonchev–Trinajstić information content (AvgIpc) is 2.38. The van der Waals surface area contributed by atoms with Crippen LogP contribution in [0, 0.1) is 0 Å². The van der Waals surface area contributed by atoms with Crippen LogP contribution in [0.15, 0.2) is 18.2 Å². The van der Waals surface area contributed by atoms with Crippen molar-refractivity contribution in [2.45, 2.75) is 19.9 Å². The number of likely N-dealkylation sites (N-methyl/N-ethyl adjacent to an activating group) is 1. The SMILES string of the molecule is CCOC(=O)c1cccc(N(C)C(C)COC)c1N. The van der Waals surface area contributed by atoms with Gasteiger partial charge in [0.1, 0.15) is 0 Å². The molecule has 0 saturated heterocycles. The maximum absolute atomic E-state index is 11.8. The lowest BCUT2D eigenvalue weighted by Gasteiger charge is -2.28. The highest BCUT2D eigenvalue weighted by atomic mass is 16.5. The van der Waals surface area contributed by atoms with Gasteiger partial charge in [0.2, 0.25) is 0 Å². The Morgan fingerprint density at radius 2 is 2.16 bits per heavy atom. The Morgan fingerprint density at radius 1 is 1.47 bits per heavy atom. The van der Waals surface area contributed by atoms with Crippen molar-refractivity contribution in [3.05, 3.63) is 23.8 Å². The Balaban J connectivity index is 3.03. The Kier molecular flexibility index (Phi) is 5.63. The number of anilines is 2. The fourth-order valence-electron chi connectivity index (χ4n) is 1.84. The largest absolute Gasteiger partial charge is 0.462 e. The van der Waals surface area contributed by atoms with E-state index in [1.165, 1.54) is 0 Å². The van der Waals surface area contributed by atoms with E-state index in [0.29, 0.717) is 24.5 Å². The second-order valence-corrected chi connectivity index (χ2v) is 4.37. The molecule has 0 bridgehead atoms. The number of benzene rings is 1. The van der Waals surface area contributed by atoms with Crippen LogP contribution in [-0.2, 0) is 9.47 Å². The predicted octanol–water partition coefficient (Wildman–Crippen LogP) is 1.92. The maximum Gasteiger partial charge on any atom is 0.340 e. The normalized spacial score (nSPS) is 12.0. The van der Waals surface area contributed by atoms with Gasteiger partial charge in [-0.25, -0.2) is 4.79 Å². The van der Waals surface area contributed by atoms with E-state index >= 15 is 0 Å². The van der Waals surface area contributed by atoms with Crippen LogP contribution in [0.2, 0.25) is 0 Å². The van der Waals surface area contributed by atoms with E-state index in [0.717, 1.165) is 5.69 Å². The van der Waals surface area contributed by atoms with Gasteiger partial charge < -0.3 is 20.1 Å². The van der Waals surface area contributed by atoms with E-state index in [4.69, 9.17) is 15.2 Å². The molecular weight excluding hydrogens is 244 g/mol. The predicted molar refractivity (Wildman–Crippen MR) is 76.6 cm³/mol. The van der Waals surface area contributed by atoms with Crippen molar-refractivity contribution >= 4 is 17.3 Å². The van der Waals surface area contributed by atoms with Gasteiger partial charge >= 0.3 is 5.97 Å². The van der Waals surface area contributed by atoms with E-state index in [1.54, 1.807) is 26.2 Å². The standard InChI is InChI=1S/C14H22N2O3/c1-5-19-14(17)11-7-6-8-12(13(11)15)16(3)10(2)9-18-4/h6-8,10H,5,9,15H2,1-4H3. The van der Waals surface area contributed by atoms with Crippen LogP contribution >= 0.6 is 0 Å². The molecule has 0 saturated carbocycles. The van der Waals surface area contributed by atoms with Gasteiger partial charge in [-0.1, -0.05) is 6.07 Å². The second-order valence-electron chi connectivity index (χ2n) is 4.37. The first-order chi connectivity index (χ1) is 9.02. The number of hydrogen-bond donors (Lipinski definition) is 1. The number of nitrogen functional groups attached to an aromatic ring is 1. The highest BCUT2D eigenvalue weighted by molar-refractivity contribution is 5.98. The minimum Gasteiger partial charge on any atom is -0.462 e. The molecule has 5 nitrogen and oxygen atoms in total. The molecule has 0 aromatic heterocycles. The Morgan fingerprint density at radius 3 is 2.74 bits per heavy atom. The molecule has 5 heteroatoms. The van der Waals surface area contributed by atoms with Gasteiger partial charge in [0.25, 0.3) is 0 Å². The summed E-state index contributed by atoms with van der Waals surface area (Å²) in [5.74, 6) is -0.394. The smallest absolute Gasteiger partial charge is 0.340 e. The molecule has 1 atom stereocenters. The molecule has 0 aliphatic heterocycles. The highest BCUT2D eigenvalue weighted by Gasteiger charge is 2.18. The summed E-state index contributed by atoms with van der Waals surface area (Å²) in [5, 5.41) is 0. The summed E-state index contributed by atoms with van der Waals surface area (Å²) in [6.07, 6.45) is 0. The van der Waals surface area contributed by atoms with Gasteiger partial charge in [0, 0.05) is 20.2 Å². The van der Waals surface area contributed by atoms with Crippen molar-refractivity contribution in [3.8, 4) is 0 Å². The number of esters is 1. The Bertz CT molecular complexity index is 435. The summed E-state index contributed by atoms with van der Waals surface area (Å²) < 4.78 is 10.1. The number of hydrogen-bond acceptors (Lipinski definition) is 5. The molecule has 19 heavy (non-hydrogen) atoms. The van der Waals surface area contributed by atoms with Crippen LogP contribution < -0.4 is 10.6 Å². The van der Waals surface area contributed by atoms with Crippen molar-refractivity contribution in [2.24, 2.45) is 0 Å². The molecule has 0 fully saturated rings. The van der Waals surface area contributed by atoms with Crippen LogP contribution in [0.1, 0.15) is 24.2 Å². The van der Waals surface area contributed by atoms with Crippen LogP contribution in [0.3, 0.4) is 0 Å². The van der Waals surface area contributed by atoms with Crippen LogP contribution in [0.5, 0.6) is 0 Å². The lowest BCUT2D eigenvalue weighted by molar-refractivity contribution is 0.0527. The third kappa shape index (κ3) is 3.61. The topological polar surface area (TPSA) is 64.8 Å². The molecule has 1 rings (SSSR count). The molecule has 106 valence electrons. The lowest BCUT2D eigenvalue weighted by Crippen LogP contribution is -2.33. The molecule has 0 radical (unpaired) electrons. The quantitative estimate of drug-likeness (QED) is 0.629. The van der Waals surface area contributed by atoms with Gasteiger partial charge in [-0.05, 0) is 26.0 Å². The zero-order valence-corrected chi connectivity index (χ0v) is 12.0. The fourth-order valence-corrected chi connectivity index (χ4v) is 1.84. The Labute approximate surface area is 114 Å². The molecule has 1 aromatic rings. The lowest BCUT2D eigenvalue weighted by atomic mass is 10.1. The summed E-state index contributed by atoms with van der Waals surface area (Å²) in [6.45, 7) is 4.71. The summed E-state index contributed by atoms with van der Waals surface area (Å²) >= 11 is 0. The van der Waals surface area contributed by atoms with Gasteiger partial charge in [0.15, 0.2) is 0 Å². The molecule has 2 N–H and O–H groups in total. The third-order valence-electron chi connectivity index (χ3n) is 3.03. The maximum atomic E-state index is 11.8. The molecule has 1 aromatic carbocycles. The van der Waals surface area contributed by atoms with Crippen molar-refractivity contribution < 1.29 is 14.3 Å². The van der Waals surface area contributed by atoms with Crippen molar-refractivity contribution in [1.82, 2.24) is 0 Å². The molecule has 0 heterocycles. The van der Waals surface area contributed by atoms with E-state index in [9.17, 15) is 4.79 Å². The minimum atomic E-state index is -0.394. The summed E-state index contributed by atoms with van der Waals surface area (Å²) in [7, 11) is 3.58. The number of rotatable bonds is 6. The van der Waals surface area contributed by atoms with Crippen molar-refractivity contribution in [2.75, 3.05) is 38.0 Å². The number of nitrogens with zero attached hydrogens (tertiary/aromatic N) is 1. The summed E-state index contributed by atoms with van der Waals surface area (Å²) in [5.41, 5.74) is 7.70. The number of para-hydroxylation sites is 1.